The van der Waals surface area contributed by atoms with Gasteiger partial charge in [0, 0.05) is 43.3 Å². The van der Waals surface area contributed by atoms with Crippen LogP contribution in [0, 0.1) is 0 Å². The fourth-order valence-corrected chi connectivity index (χ4v) is 3.25. The second-order valence-electron chi connectivity index (χ2n) is 6.26. The van der Waals surface area contributed by atoms with Gasteiger partial charge in [-0.2, -0.15) is 15.0 Å². The van der Waals surface area contributed by atoms with Crippen molar-refractivity contribution in [1.29, 1.82) is 0 Å². The van der Waals surface area contributed by atoms with Crippen LogP contribution in [0.5, 0.6) is 0 Å². The molecule has 1 aromatic carbocycles. The molecule has 26 heavy (non-hydrogen) atoms. The van der Waals surface area contributed by atoms with Gasteiger partial charge in [0.25, 0.3) is 0 Å². The predicted octanol–water partition coefficient (Wildman–Crippen LogP) is 0.409. The van der Waals surface area contributed by atoms with Gasteiger partial charge in [-0.1, -0.05) is 18.2 Å². The summed E-state index contributed by atoms with van der Waals surface area (Å²) >= 11 is 0. The number of carbonyl (C=O) groups excluding carboxylic acids is 1. The van der Waals surface area contributed by atoms with E-state index in [0.717, 1.165) is 16.5 Å². The number of aromatic amines is 1. The third-order valence-electron chi connectivity index (χ3n) is 4.59. The molecule has 3 aromatic rings. The minimum Gasteiger partial charge on any atom is -0.368 e. The summed E-state index contributed by atoms with van der Waals surface area (Å²) in [7, 11) is 0. The highest BCUT2D eigenvalue weighted by atomic mass is 16.2. The van der Waals surface area contributed by atoms with E-state index in [-0.39, 0.29) is 17.8 Å². The minimum atomic E-state index is 0.102. The summed E-state index contributed by atoms with van der Waals surface area (Å²) in [6.45, 7) is 2.46. The topological polar surface area (TPSA) is 130 Å². The lowest BCUT2D eigenvalue weighted by Crippen LogP contribution is -2.49. The zero-order chi connectivity index (χ0) is 18.1. The summed E-state index contributed by atoms with van der Waals surface area (Å²) < 4.78 is 0. The van der Waals surface area contributed by atoms with Crippen molar-refractivity contribution >= 4 is 34.7 Å². The molecular formula is C17H20N8O. The largest absolute Gasteiger partial charge is 0.368 e. The van der Waals surface area contributed by atoms with Crippen molar-refractivity contribution in [3.05, 3.63) is 36.0 Å². The first-order valence-electron chi connectivity index (χ1n) is 8.45. The van der Waals surface area contributed by atoms with E-state index in [4.69, 9.17) is 11.5 Å². The molecular weight excluding hydrogens is 332 g/mol. The maximum Gasteiger partial charge on any atom is 0.232 e. The Morgan fingerprint density at radius 1 is 1.04 bits per heavy atom. The number of aromatic nitrogens is 4. The molecule has 1 saturated heterocycles. The standard InChI is InChI=1S/C17H20N8O/c18-15-21-16(19)23-17(22-15)25-7-5-24(6-8-25)14(26)9-11-10-20-13-4-2-1-3-12(11)13/h1-4,10,20H,5-9H2,(H4,18,19,21,22,23). The molecule has 1 aliphatic rings. The van der Waals surface area contributed by atoms with Crippen LogP contribution in [0.1, 0.15) is 5.56 Å². The van der Waals surface area contributed by atoms with Crippen molar-refractivity contribution in [2.24, 2.45) is 0 Å². The number of fused-ring (bicyclic) bond motifs is 1. The maximum absolute atomic E-state index is 12.7. The smallest absolute Gasteiger partial charge is 0.232 e. The third-order valence-corrected chi connectivity index (χ3v) is 4.59. The fraction of sp³-hybridized carbons (Fsp3) is 0.294. The molecule has 3 heterocycles. The van der Waals surface area contributed by atoms with Crippen LogP contribution < -0.4 is 16.4 Å². The Kier molecular flexibility index (Phi) is 4.04. The van der Waals surface area contributed by atoms with Crippen LogP contribution in [0.2, 0.25) is 0 Å². The summed E-state index contributed by atoms with van der Waals surface area (Å²) in [4.78, 5) is 31.7. The molecule has 5 N–H and O–H groups in total. The number of hydrogen-bond donors (Lipinski definition) is 3. The molecule has 1 aliphatic heterocycles. The molecule has 0 aliphatic carbocycles. The number of para-hydroxylation sites is 1. The molecule has 1 amide bonds. The number of anilines is 3. The SMILES string of the molecule is Nc1nc(N)nc(N2CCN(C(=O)Cc3c[nH]c4ccccc34)CC2)n1. The molecule has 9 nitrogen and oxygen atoms in total. The Bertz CT molecular complexity index is 925. The Labute approximate surface area is 150 Å². The lowest BCUT2D eigenvalue weighted by molar-refractivity contribution is -0.130. The second kappa shape index (κ2) is 6.51. The lowest BCUT2D eigenvalue weighted by atomic mass is 10.1. The van der Waals surface area contributed by atoms with Gasteiger partial charge in [-0.3, -0.25) is 4.79 Å². The highest BCUT2D eigenvalue weighted by molar-refractivity contribution is 5.89. The Morgan fingerprint density at radius 3 is 2.46 bits per heavy atom. The molecule has 134 valence electrons. The Hall–Kier alpha value is -3.36. The van der Waals surface area contributed by atoms with Crippen LogP contribution in [-0.4, -0.2) is 56.9 Å². The number of rotatable bonds is 3. The summed E-state index contributed by atoms with van der Waals surface area (Å²) in [5, 5.41) is 1.09. The molecule has 0 bridgehead atoms. The number of amides is 1. The average Bonchev–Trinajstić information content (AvgIpc) is 3.04. The van der Waals surface area contributed by atoms with E-state index in [1.165, 1.54) is 0 Å². The van der Waals surface area contributed by atoms with E-state index < -0.39 is 0 Å². The maximum atomic E-state index is 12.7. The monoisotopic (exact) mass is 352 g/mol. The number of benzene rings is 1. The normalized spacial score (nSPS) is 14.8. The first-order chi connectivity index (χ1) is 12.6. The van der Waals surface area contributed by atoms with E-state index in [1.807, 2.05) is 40.3 Å². The molecule has 1 fully saturated rings. The van der Waals surface area contributed by atoms with Crippen molar-refractivity contribution in [1.82, 2.24) is 24.8 Å². The Balaban J connectivity index is 1.40. The van der Waals surface area contributed by atoms with Gasteiger partial charge in [0.05, 0.1) is 6.42 Å². The Morgan fingerprint density at radius 2 is 1.73 bits per heavy atom. The number of nitrogen functional groups attached to an aromatic ring is 2. The van der Waals surface area contributed by atoms with E-state index in [0.29, 0.717) is 38.5 Å². The van der Waals surface area contributed by atoms with Crippen molar-refractivity contribution in [2.45, 2.75) is 6.42 Å². The molecule has 0 saturated carbocycles. The van der Waals surface area contributed by atoms with E-state index in [2.05, 4.69) is 19.9 Å². The average molecular weight is 352 g/mol. The van der Waals surface area contributed by atoms with Gasteiger partial charge < -0.3 is 26.3 Å². The third kappa shape index (κ3) is 3.10. The molecule has 2 aromatic heterocycles. The second-order valence-corrected chi connectivity index (χ2v) is 6.26. The molecule has 0 spiro atoms. The molecule has 9 heteroatoms. The van der Waals surface area contributed by atoms with Gasteiger partial charge >= 0.3 is 0 Å². The van der Waals surface area contributed by atoms with Crippen LogP contribution in [0.3, 0.4) is 0 Å². The van der Waals surface area contributed by atoms with Crippen LogP contribution in [0.25, 0.3) is 10.9 Å². The highest BCUT2D eigenvalue weighted by Gasteiger charge is 2.23. The summed E-state index contributed by atoms with van der Waals surface area (Å²) in [5.41, 5.74) is 13.3. The highest BCUT2D eigenvalue weighted by Crippen LogP contribution is 2.19. The van der Waals surface area contributed by atoms with Crippen molar-refractivity contribution in [3.8, 4) is 0 Å². The summed E-state index contributed by atoms with van der Waals surface area (Å²) in [5.74, 6) is 0.776. The molecule has 4 rings (SSSR count). The number of nitrogens with two attached hydrogens (primary N) is 2. The zero-order valence-electron chi connectivity index (χ0n) is 14.2. The fourth-order valence-electron chi connectivity index (χ4n) is 3.25. The van der Waals surface area contributed by atoms with Crippen LogP contribution in [-0.2, 0) is 11.2 Å². The van der Waals surface area contributed by atoms with Crippen molar-refractivity contribution in [2.75, 3.05) is 42.5 Å². The minimum absolute atomic E-state index is 0.102. The lowest BCUT2D eigenvalue weighted by Gasteiger charge is -2.34. The number of H-pyrrole nitrogens is 1. The molecule has 0 unspecified atom stereocenters. The summed E-state index contributed by atoms with van der Waals surface area (Å²) in [6.07, 6.45) is 2.30. The number of piperazine rings is 1. The summed E-state index contributed by atoms with van der Waals surface area (Å²) in [6, 6.07) is 8.00. The number of carbonyl (C=O) groups is 1. The van der Waals surface area contributed by atoms with Crippen molar-refractivity contribution in [3.63, 3.8) is 0 Å². The predicted molar refractivity (Wildman–Crippen MR) is 99.4 cm³/mol. The van der Waals surface area contributed by atoms with Crippen molar-refractivity contribution < 1.29 is 4.79 Å². The van der Waals surface area contributed by atoms with Crippen LogP contribution in [0.4, 0.5) is 17.8 Å². The zero-order valence-corrected chi connectivity index (χ0v) is 14.2. The van der Waals surface area contributed by atoms with Gasteiger partial charge in [-0.15, -0.1) is 0 Å². The first-order valence-corrected chi connectivity index (χ1v) is 8.45. The molecule has 0 radical (unpaired) electrons. The van der Waals surface area contributed by atoms with E-state index >= 15 is 0 Å². The number of hydrogen-bond acceptors (Lipinski definition) is 7. The van der Waals surface area contributed by atoms with Gasteiger partial charge in [0.2, 0.25) is 23.8 Å². The first kappa shape index (κ1) is 16.1. The van der Waals surface area contributed by atoms with Gasteiger partial charge in [0.1, 0.15) is 0 Å². The number of nitrogens with zero attached hydrogens (tertiary/aromatic N) is 5. The van der Waals surface area contributed by atoms with Crippen LogP contribution in [0.15, 0.2) is 30.5 Å². The molecule has 0 atom stereocenters. The van der Waals surface area contributed by atoms with E-state index in [1.54, 1.807) is 0 Å². The number of nitrogens with one attached hydrogen (secondary N) is 1. The van der Waals surface area contributed by atoms with Gasteiger partial charge in [-0.25, -0.2) is 0 Å². The van der Waals surface area contributed by atoms with Gasteiger partial charge in [-0.05, 0) is 11.6 Å². The van der Waals surface area contributed by atoms with Crippen LogP contribution >= 0.6 is 0 Å². The quantitative estimate of drug-likeness (QED) is 0.622. The van der Waals surface area contributed by atoms with Gasteiger partial charge in [0.15, 0.2) is 0 Å². The van der Waals surface area contributed by atoms with E-state index in [9.17, 15) is 4.79 Å².